The minimum Gasteiger partial charge on any atom is -0.481 e. The second-order valence-electron chi connectivity index (χ2n) is 3.64. The van der Waals surface area contributed by atoms with Crippen LogP contribution in [0.4, 0.5) is 22.0 Å². The van der Waals surface area contributed by atoms with E-state index < -0.39 is 42.0 Å². The van der Waals surface area contributed by atoms with Gasteiger partial charge >= 0.3 is 12.1 Å². The molecule has 4 nitrogen and oxygen atoms in total. The van der Waals surface area contributed by atoms with Crippen LogP contribution in [-0.4, -0.2) is 25.2 Å². The number of hydrogen-bond acceptors (Lipinski definition) is 4. The third-order valence-electron chi connectivity index (χ3n) is 2.35. The van der Waals surface area contributed by atoms with Crippen molar-refractivity contribution in [3.8, 4) is 5.88 Å². The Hall–Kier alpha value is -1.93. The van der Waals surface area contributed by atoms with Crippen molar-refractivity contribution in [3.05, 3.63) is 22.9 Å². The monoisotopic (exact) mass is 299 g/mol. The van der Waals surface area contributed by atoms with Crippen molar-refractivity contribution in [2.24, 2.45) is 0 Å². The average Bonchev–Trinajstić information content (AvgIpc) is 2.36. The van der Waals surface area contributed by atoms with E-state index in [1.54, 1.807) is 0 Å². The Morgan fingerprint density at radius 1 is 1.35 bits per heavy atom. The fourth-order valence-corrected chi connectivity index (χ4v) is 1.49. The lowest BCUT2D eigenvalue weighted by molar-refractivity contribution is -0.141. The predicted octanol–water partition coefficient (Wildman–Crippen LogP) is 2.76. The standard InChI is InChI=1S/C11H10F5NO3/c1-19-7(18)4-5-3-6(11(14,15)16)8(9(12)13)10(17-5)20-2/h3,9H,4H2,1-2H3. The Labute approximate surface area is 110 Å². The maximum Gasteiger partial charge on any atom is 0.417 e. The number of halogens is 5. The molecular formula is C11H10F5NO3. The van der Waals surface area contributed by atoms with E-state index in [1.165, 1.54) is 0 Å². The van der Waals surface area contributed by atoms with Crippen LogP contribution in [0.3, 0.4) is 0 Å². The minimum atomic E-state index is -5.02. The molecule has 9 heteroatoms. The number of nitrogens with zero attached hydrogens (tertiary/aromatic N) is 1. The molecule has 0 bridgehead atoms. The van der Waals surface area contributed by atoms with Crippen LogP contribution in [0.5, 0.6) is 5.88 Å². The largest absolute Gasteiger partial charge is 0.481 e. The van der Waals surface area contributed by atoms with E-state index in [1.807, 2.05) is 0 Å². The number of methoxy groups -OCH3 is 2. The maximum absolute atomic E-state index is 12.8. The second kappa shape index (κ2) is 6.02. The lowest BCUT2D eigenvalue weighted by atomic mass is 10.1. The summed E-state index contributed by atoms with van der Waals surface area (Å²) in [6, 6.07) is 0.390. The van der Waals surface area contributed by atoms with Gasteiger partial charge in [0.2, 0.25) is 5.88 Å². The summed E-state index contributed by atoms with van der Waals surface area (Å²) in [6.07, 6.45) is -9.02. The highest BCUT2D eigenvalue weighted by atomic mass is 19.4. The summed E-state index contributed by atoms with van der Waals surface area (Å²) in [4.78, 5) is 14.5. The SMILES string of the molecule is COC(=O)Cc1cc(C(F)(F)F)c(C(F)F)c(OC)n1. The molecule has 1 aromatic heterocycles. The molecule has 0 fully saturated rings. The van der Waals surface area contributed by atoms with Crippen molar-refractivity contribution in [3.63, 3.8) is 0 Å². The highest BCUT2D eigenvalue weighted by Crippen LogP contribution is 2.40. The molecule has 0 aliphatic rings. The normalized spacial score (nSPS) is 11.6. The van der Waals surface area contributed by atoms with Crippen LogP contribution >= 0.6 is 0 Å². The van der Waals surface area contributed by atoms with Gasteiger partial charge in [0.05, 0.1) is 37.5 Å². The fourth-order valence-electron chi connectivity index (χ4n) is 1.49. The predicted molar refractivity (Wildman–Crippen MR) is 56.5 cm³/mol. The fraction of sp³-hybridized carbons (Fsp3) is 0.455. The Bertz CT molecular complexity index is 502. The van der Waals surface area contributed by atoms with Gasteiger partial charge < -0.3 is 9.47 Å². The Balaban J connectivity index is 3.44. The number of rotatable bonds is 4. The number of esters is 1. The first-order valence-corrected chi connectivity index (χ1v) is 5.20. The molecule has 1 rings (SSSR count). The first-order valence-electron chi connectivity index (χ1n) is 5.20. The molecule has 0 N–H and O–H groups in total. The van der Waals surface area contributed by atoms with Crippen LogP contribution in [0.25, 0.3) is 0 Å². The van der Waals surface area contributed by atoms with Crippen molar-refractivity contribution in [1.82, 2.24) is 4.98 Å². The maximum atomic E-state index is 12.8. The number of carbonyl (C=O) groups excluding carboxylic acids is 1. The van der Waals surface area contributed by atoms with Gasteiger partial charge in [-0.15, -0.1) is 0 Å². The highest BCUT2D eigenvalue weighted by Gasteiger charge is 2.39. The van der Waals surface area contributed by atoms with Gasteiger partial charge in [-0.25, -0.2) is 13.8 Å². The van der Waals surface area contributed by atoms with Gasteiger partial charge in [0.25, 0.3) is 6.43 Å². The summed E-state index contributed by atoms with van der Waals surface area (Å²) in [5.74, 6) is -1.72. The van der Waals surface area contributed by atoms with Crippen molar-refractivity contribution in [2.45, 2.75) is 19.0 Å². The minimum absolute atomic E-state index is 0.370. The molecule has 0 aliphatic heterocycles. The zero-order valence-electron chi connectivity index (χ0n) is 10.4. The molecule has 0 unspecified atom stereocenters. The number of alkyl halides is 5. The van der Waals surface area contributed by atoms with Gasteiger partial charge in [0, 0.05) is 0 Å². The highest BCUT2D eigenvalue weighted by molar-refractivity contribution is 5.72. The topological polar surface area (TPSA) is 48.4 Å². The van der Waals surface area contributed by atoms with Crippen LogP contribution < -0.4 is 4.74 Å². The van der Waals surface area contributed by atoms with Crippen LogP contribution in [0.2, 0.25) is 0 Å². The van der Waals surface area contributed by atoms with E-state index in [0.29, 0.717) is 6.07 Å². The second-order valence-corrected chi connectivity index (χ2v) is 3.64. The number of hydrogen-bond donors (Lipinski definition) is 0. The zero-order valence-corrected chi connectivity index (χ0v) is 10.4. The summed E-state index contributed by atoms with van der Waals surface area (Å²) >= 11 is 0. The lowest BCUT2D eigenvalue weighted by Gasteiger charge is -2.16. The molecule has 0 aromatic carbocycles. The lowest BCUT2D eigenvalue weighted by Crippen LogP contribution is -2.15. The molecule has 1 aromatic rings. The van der Waals surface area contributed by atoms with E-state index in [2.05, 4.69) is 14.5 Å². The van der Waals surface area contributed by atoms with Crippen molar-refractivity contribution >= 4 is 5.97 Å². The van der Waals surface area contributed by atoms with E-state index in [-0.39, 0.29) is 5.69 Å². The molecule has 0 amide bonds. The summed E-state index contributed by atoms with van der Waals surface area (Å²) in [5.41, 5.74) is -3.31. The van der Waals surface area contributed by atoms with Crippen LogP contribution in [0.15, 0.2) is 6.07 Å². The number of aromatic nitrogens is 1. The van der Waals surface area contributed by atoms with E-state index in [9.17, 15) is 26.7 Å². The van der Waals surface area contributed by atoms with Crippen LogP contribution in [0, 0.1) is 0 Å². The molecule has 0 aliphatic carbocycles. The average molecular weight is 299 g/mol. The van der Waals surface area contributed by atoms with Gasteiger partial charge in [-0.1, -0.05) is 0 Å². The summed E-state index contributed by atoms with van der Waals surface area (Å²) < 4.78 is 72.6. The summed E-state index contributed by atoms with van der Waals surface area (Å²) in [5, 5.41) is 0. The smallest absolute Gasteiger partial charge is 0.417 e. The Morgan fingerprint density at radius 2 is 1.95 bits per heavy atom. The molecule has 1 heterocycles. The number of carbonyl (C=O) groups is 1. The molecule has 20 heavy (non-hydrogen) atoms. The Morgan fingerprint density at radius 3 is 2.35 bits per heavy atom. The van der Waals surface area contributed by atoms with Gasteiger partial charge in [-0.05, 0) is 6.07 Å². The van der Waals surface area contributed by atoms with Crippen molar-refractivity contribution in [1.29, 1.82) is 0 Å². The molecule has 112 valence electrons. The van der Waals surface area contributed by atoms with Crippen molar-refractivity contribution < 1.29 is 36.2 Å². The quantitative estimate of drug-likeness (QED) is 0.633. The van der Waals surface area contributed by atoms with Crippen LogP contribution in [0.1, 0.15) is 23.2 Å². The third kappa shape index (κ3) is 3.55. The van der Waals surface area contributed by atoms with Crippen molar-refractivity contribution in [2.75, 3.05) is 14.2 Å². The van der Waals surface area contributed by atoms with Crippen LogP contribution in [-0.2, 0) is 22.1 Å². The molecule has 0 saturated heterocycles. The van der Waals surface area contributed by atoms with Gasteiger partial charge in [0.15, 0.2) is 0 Å². The zero-order chi connectivity index (χ0) is 15.5. The Kier molecular flexibility index (Phi) is 4.85. The summed E-state index contributed by atoms with van der Waals surface area (Å²) in [7, 11) is 1.95. The van der Waals surface area contributed by atoms with E-state index in [0.717, 1.165) is 14.2 Å². The molecule has 0 saturated carbocycles. The molecule has 0 radical (unpaired) electrons. The number of pyridine rings is 1. The van der Waals surface area contributed by atoms with E-state index in [4.69, 9.17) is 0 Å². The van der Waals surface area contributed by atoms with Gasteiger partial charge in [-0.2, -0.15) is 13.2 Å². The molecule has 0 spiro atoms. The summed E-state index contributed by atoms with van der Waals surface area (Å²) in [6.45, 7) is 0. The molecular weight excluding hydrogens is 289 g/mol. The number of ether oxygens (including phenoxy) is 2. The third-order valence-corrected chi connectivity index (χ3v) is 2.35. The first kappa shape index (κ1) is 16.1. The van der Waals surface area contributed by atoms with Gasteiger partial charge in [0.1, 0.15) is 0 Å². The molecule has 0 atom stereocenters. The first-order chi connectivity index (χ1) is 9.20. The van der Waals surface area contributed by atoms with Gasteiger partial charge in [-0.3, -0.25) is 4.79 Å². The van der Waals surface area contributed by atoms with E-state index >= 15 is 0 Å².